The molecule has 0 atom stereocenters. The lowest BCUT2D eigenvalue weighted by Crippen LogP contribution is -1.73. The van der Waals surface area contributed by atoms with E-state index in [-0.39, 0.29) is 5.76 Å². The van der Waals surface area contributed by atoms with Crippen LogP contribution >= 0.6 is 0 Å². The van der Waals surface area contributed by atoms with E-state index in [1.807, 2.05) is 0 Å². The zero-order chi connectivity index (χ0) is 5.70. The number of allylic oxidation sites excluding steroid dienone is 1. The van der Waals surface area contributed by atoms with Crippen LogP contribution in [0.4, 0.5) is 0 Å². The quantitative estimate of drug-likeness (QED) is 0.270. The van der Waals surface area contributed by atoms with E-state index in [1.54, 1.807) is 0 Å². The van der Waals surface area contributed by atoms with E-state index >= 15 is 0 Å². The SMILES string of the molecule is C=C(C#N)OC#N. The first kappa shape index (κ1) is 5.52. The highest BCUT2D eigenvalue weighted by Gasteiger charge is 1.82. The lowest BCUT2D eigenvalue weighted by atomic mass is 10.6. The zero-order valence-electron chi connectivity index (χ0n) is 3.51. The fourth-order valence-corrected chi connectivity index (χ4v) is 0.0779. The summed E-state index contributed by atoms with van der Waals surface area (Å²) in [4.78, 5) is 0. The van der Waals surface area contributed by atoms with Crippen LogP contribution in [-0.4, -0.2) is 0 Å². The van der Waals surface area contributed by atoms with E-state index in [2.05, 4.69) is 11.3 Å². The van der Waals surface area contributed by atoms with Crippen molar-refractivity contribution in [1.29, 1.82) is 10.5 Å². The second-order valence-electron chi connectivity index (χ2n) is 0.728. The lowest BCUT2D eigenvalue weighted by Gasteiger charge is -1.79. The van der Waals surface area contributed by atoms with Crippen LogP contribution in [0.15, 0.2) is 12.3 Å². The predicted octanol–water partition coefficient (Wildman–Crippen LogP) is 0.521. The van der Waals surface area contributed by atoms with Crippen molar-refractivity contribution < 1.29 is 4.74 Å². The number of hydrogen-bond donors (Lipinski definition) is 0. The first-order valence-electron chi connectivity index (χ1n) is 1.46. The molecule has 34 valence electrons. The molecule has 0 aliphatic rings. The van der Waals surface area contributed by atoms with Crippen molar-refractivity contribution in [3.63, 3.8) is 0 Å². The van der Waals surface area contributed by atoms with Gasteiger partial charge in [-0.05, 0) is 6.58 Å². The number of nitriles is 2. The van der Waals surface area contributed by atoms with E-state index < -0.39 is 0 Å². The molecule has 3 heteroatoms. The molecular weight excluding hydrogens is 92.1 g/mol. The van der Waals surface area contributed by atoms with Gasteiger partial charge in [0.25, 0.3) is 6.26 Å². The molecule has 0 bridgehead atoms. The second-order valence-corrected chi connectivity index (χ2v) is 0.728. The minimum Gasteiger partial charge on any atom is -0.377 e. The molecule has 0 aliphatic heterocycles. The zero-order valence-corrected chi connectivity index (χ0v) is 3.51. The van der Waals surface area contributed by atoms with Crippen LogP contribution in [0, 0.1) is 22.8 Å². The summed E-state index contributed by atoms with van der Waals surface area (Å²) < 4.78 is 3.94. The maximum atomic E-state index is 7.84. The van der Waals surface area contributed by atoms with Gasteiger partial charge in [0.15, 0.2) is 0 Å². The molecule has 0 unspecified atom stereocenters. The van der Waals surface area contributed by atoms with Crippen LogP contribution in [0.2, 0.25) is 0 Å². The standard InChI is InChI=1S/C4H2N2O/c1-4(2-5)7-3-6/h1H2. The van der Waals surface area contributed by atoms with Crippen molar-refractivity contribution in [2.75, 3.05) is 0 Å². The number of ether oxygens (including phenoxy) is 1. The molecule has 0 heterocycles. The molecule has 0 saturated heterocycles. The highest BCUT2D eigenvalue weighted by Crippen LogP contribution is 1.84. The van der Waals surface area contributed by atoms with E-state index in [1.165, 1.54) is 12.3 Å². The minimum absolute atomic E-state index is 0.178. The van der Waals surface area contributed by atoms with Crippen LogP contribution in [0.5, 0.6) is 0 Å². The molecule has 7 heavy (non-hydrogen) atoms. The van der Waals surface area contributed by atoms with Gasteiger partial charge in [-0.3, -0.25) is 0 Å². The van der Waals surface area contributed by atoms with Gasteiger partial charge in [-0.1, -0.05) is 0 Å². The Balaban J connectivity index is 3.50. The molecule has 0 fully saturated rings. The second kappa shape index (κ2) is 2.74. The molecule has 0 amide bonds. The average molecular weight is 94.1 g/mol. The Bertz CT molecular complexity index is 148. The van der Waals surface area contributed by atoms with Gasteiger partial charge in [0.2, 0.25) is 5.76 Å². The van der Waals surface area contributed by atoms with E-state index in [9.17, 15) is 0 Å². The third kappa shape index (κ3) is 2.32. The highest BCUT2D eigenvalue weighted by atomic mass is 16.5. The summed E-state index contributed by atoms with van der Waals surface area (Å²) in [6.45, 7) is 3.06. The summed E-state index contributed by atoms with van der Waals surface area (Å²) in [5, 5.41) is 15.5. The average Bonchev–Trinajstić information content (AvgIpc) is 1.68. The predicted molar refractivity (Wildman–Crippen MR) is 21.5 cm³/mol. The minimum atomic E-state index is -0.178. The Morgan fingerprint density at radius 2 is 2.14 bits per heavy atom. The lowest BCUT2D eigenvalue weighted by molar-refractivity contribution is 0.399. The van der Waals surface area contributed by atoms with Crippen LogP contribution in [0.1, 0.15) is 0 Å². The maximum absolute atomic E-state index is 7.84. The van der Waals surface area contributed by atoms with Crippen LogP contribution in [0.25, 0.3) is 0 Å². The summed E-state index contributed by atoms with van der Waals surface area (Å²) in [6.07, 6.45) is 1.30. The highest BCUT2D eigenvalue weighted by molar-refractivity contribution is 5.08. The molecule has 0 rings (SSSR count). The molecular formula is C4H2N2O. The Hall–Kier alpha value is -1.48. The summed E-state index contributed by atoms with van der Waals surface area (Å²) in [5.74, 6) is -0.178. The van der Waals surface area contributed by atoms with Gasteiger partial charge in [-0.25, -0.2) is 0 Å². The topological polar surface area (TPSA) is 56.8 Å². The number of hydrogen-bond acceptors (Lipinski definition) is 3. The molecule has 0 aromatic heterocycles. The van der Waals surface area contributed by atoms with E-state index in [0.29, 0.717) is 0 Å². The Kier molecular flexibility index (Phi) is 2.16. The van der Waals surface area contributed by atoms with Gasteiger partial charge < -0.3 is 4.74 Å². The monoisotopic (exact) mass is 94.0 g/mol. The largest absolute Gasteiger partial charge is 0.377 e. The fourth-order valence-electron chi connectivity index (χ4n) is 0.0779. The third-order valence-electron chi connectivity index (χ3n) is 0.294. The van der Waals surface area contributed by atoms with Crippen molar-refractivity contribution in [2.45, 2.75) is 0 Å². The summed E-state index contributed by atoms with van der Waals surface area (Å²) >= 11 is 0. The summed E-state index contributed by atoms with van der Waals surface area (Å²) in [5.41, 5.74) is 0. The summed E-state index contributed by atoms with van der Waals surface area (Å²) in [6, 6.07) is 1.53. The first-order valence-corrected chi connectivity index (χ1v) is 1.46. The van der Waals surface area contributed by atoms with Gasteiger partial charge in [-0.15, -0.1) is 5.26 Å². The van der Waals surface area contributed by atoms with Crippen LogP contribution in [-0.2, 0) is 4.74 Å². The van der Waals surface area contributed by atoms with Crippen LogP contribution < -0.4 is 0 Å². The van der Waals surface area contributed by atoms with E-state index in [0.717, 1.165) is 0 Å². The smallest absolute Gasteiger partial charge is 0.292 e. The molecule has 0 saturated carbocycles. The van der Waals surface area contributed by atoms with Crippen molar-refractivity contribution in [1.82, 2.24) is 0 Å². The molecule has 0 radical (unpaired) electrons. The summed E-state index contributed by atoms with van der Waals surface area (Å²) in [7, 11) is 0. The first-order chi connectivity index (χ1) is 3.31. The maximum Gasteiger partial charge on any atom is 0.292 e. The Labute approximate surface area is 41.0 Å². The van der Waals surface area contributed by atoms with Crippen molar-refractivity contribution in [2.24, 2.45) is 0 Å². The normalized spacial score (nSPS) is 5.43. The van der Waals surface area contributed by atoms with Crippen molar-refractivity contribution in [3.05, 3.63) is 12.3 Å². The fraction of sp³-hybridized carbons (Fsp3) is 0. The molecule has 0 spiro atoms. The molecule has 0 aromatic rings. The molecule has 0 aliphatic carbocycles. The molecule has 0 aromatic carbocycles. The Morgan fingerprint density at radius 1 is 1.57 bits per heavy atom. The van der Waals surface area contributed by atoms with Gasteiger partial charge in [0.05, 0.1) is 0 Å². The van der Waals surface area contributed by atoms with Gasteiger partial charge >= 0.3 is 0 Å². The van der Waals surface area contributed by atoms with Crippen LogP contribution in [0.3, 0.4) is 0 Å². The van der Waals surface area contributed by atoms with Gasteiger partial charge in [0, 0.05) is 0 Å². The Morgan fingerprint density at radius 3 is 2.29 bits per heavy atom. The molecule has 0 N–H and O–H groups in total. The van der Waals surface area contributed by atoms with Gasteiger partial charge in [-0.2, -0.15) is 5.26 Å². The van der Waals surface area contributed by atoms with Gasteiger partial charge in [0.1, 0.15) is 6.07 Å². The van der Waals surface area contributed by atoms with Crippen molar-refractivity contribution in [3.8, 4) is 12.3 Å². The molecule has 3 nitrogen and oxygen atoms in total. The number of rotatable bonds is 1. The van der Waals surface area contributed by atoms with Crippen molar-refractivity contribution >= 4 is 0 Å². The third-order valence-corrected chi connectivity index (χ3v) is 0.294. The number of nitrogens with zero attached hydrogens (tertiary/aromatic N) is 2. The van der Waals surface area contributed by atoms with E-state index in [4.69, 9.17) is 10.5 Å².